The molecule has 2 N–H and O–H groups in total. The molecular formula is C37H43N7O3. The van der Waals surface area contributed by atoms with Crippen LogP contribution < -0.4 is 15.5 Å². The number of fused-ring (bicyclic) bond motifs is 1. The van der Waals surface area contributed by atoms with Gasteiger partial charge in [0.2, 0.25) is 5.91 Å². The fraction of sp³-hybridized carbons (Fsp3) is 0.405. The number of rotatable bonds is 8. The van der Waals surface area contributed by atoms with Gasteiger partial charge in [-0.15, -0.1) is 0 Å². The minimum atomic E-state index is -0.798. The van der Waals surface area contributed by atoms with Gasteiger partial charge in [-0.3, -0.25) is 4.79 Å². The highest BCUT2D eigenvalue weighted by Crippen LogP contribution is 2.38. The second-order valence-electron chi connectivity index (χ2n) is 13.2. The van der Waals surface area contributed by atoms with Gasteiger partial charge in [-0.2, -0.15) is 0 Å². The molecule has 1 saturated heterocycles. The fourth-order valence-electron chi connectivity index (χ4n) is 6.91. The third kappa shape index (κ3) is 6.88. The summed E-state index contributed by atoms with van der Waals surface area (Å²) in [6.07, 6.45) is 7.46. The standard InChI is InChI=1S/C37H43N7O3/c1-24-35(43(3)23-39-24)26-9-11-29(12-10-26)40-36(45)34(41-37(46)47-30-13-14-30)31-6-4-5-25-7-8-27(21-32(25)31)28-15-16-38-33(22-28)44-19-17-42(2)18-20-44/h7-12,15-16,21-23,30-31,34H,4-6,13-14,17-20H2,1-3H3,(H,40,45)(H,41,46)/t31-,34+/m1/s1. The number of aromatic nitrogens is 3. The predicted octanol–water partition coefficient (Wildman–Crippen LogP) is 5.53. The number of nitrogens with one attached hydrogen (secondary N) is 2. The first kappa shape index (κ1) is 30.9. The van der Waals surface area contributed by atoms with Crippen molar-refractivity contribution in [3.63, 3.8) is 0 Å². The number of ether oxygens (including phenoxy) is 1. The molecule has 3 aliphatic rings. The Morgan fingerprint density at radius 2 is 1.64 bits per heavy atom. The van der Waals surface area contributed by atoms with E-state index in [1.165, 1.54) is 5.56 Å². The average molecular weight is 634 g/mol. The Bertz CT molecular complexity index is 1740. The number of carbonyl (C=O) groups is 2. The van der Waals surface area contributed by atoms with Gasteiger partial charge < -0.3 is 29.7 Å². The molecule has 2 aliphatic carbocycles. The number of benzene rings is 2. The maximum Gasteiger partial charge on any atom is 0.408 e. The van der Waals surface area contributed by atoms with Gasteiger partial charge in [0.1, 0.15) is 18.0 Å². The van der Waals surface area contributed by atoms with Crippen LogP contribution in [0.15, 0.2) is 67.1 Å². The van der Waals surface area contributed by atoms with Crippen LogP contribution in [0.5, 0.6) is 0 Å². The van der Waals surface area contributed by atoms with Crippen LogP contribution in [-0.2, 0) is 23.0 Å². The number of imidazole rings is 1. The quantitative estimate of drug-likeness (QED) is 0.263. The van der Waals surface area contributed by atoms with E-state index in [1.54, 1.807) is 6.33 Å². The number of hydrogen-bond acceptors (Lipinski definition) is 7. The van der Waals surface area contributed by atoms with Crippen LogP contribution in [0.3, 0.4) is 0 Å². The lowest BCUT2D eigenvalue weighted by Crippen LogP contribution is -2.48. The molecule has 1 aliphatic heterocycles. The SMILES string of the molecule is Cc1ncn(C)c1-c1ccc(NC(=O)[C@@H](NC(=O)OC2CC2)[C@@H]2CCCc3ccc(-c4ccnc(N5CCN(C)CC5)c4)cc32)cc1. The summed E-state index contributed by atoms with van der Waals surface area (Å²) in [5.74, 6) is 0.517. The van der Waals surface area contributed by atoms with Crippen molar-refractivity contribution >= 4 is 23.5 Å². The Hall–Kier alpha value is -4.70. The van der Waals surface area contributed by atoms with Gasteiger partial charge in [0.15, 0.2) is 0 Å². The van der Waals surface area contributed by atoms with E-state index in [9.17, 15) is 9.59 Å². The van der Waals surface area contributed by atoms with E-state index < -0.39 is 12.1 Å². The molecule has 47 heavy (non-hydrogen) atoms. The highest BCUT2D eigenvalue weighted by molar-refractivity contribution is 5.97. The van der Waals surface area contributed by atoms with Crippen molar-refractivity contribution in [3.05, 3.63) is 83.9 Å². The first-order chi connectivity index (χ1) is 22.8. The molecule has 2 atom stereocenters. The number of nitrogens with zero attached hydrogens (tertiary/aromatic N) is 5. The number of alkyl carbamates (subject to hydrolysis) is 1. The van der Waals surface area contributed by atoms with Crippen LogP contribution in [-0.4, -0.2) is 76.8 Å². The molecule has 2 aromatic heterocycles. The van der Waals surface area contributed by atoms with Crippen molar-refractivity contribution in [1.82, 2.24) is 24.8 Å². The molecule has 1 saturated carbocycles. The molecule has 7 rings (SSSR count). The minimum Gasteiger partial charge on any atom is -0.446 e. The number of anilines is 2. The first-order valence-electron chi connectivity index (χ1n) is 16.7. The normalized spacial score (nSPS) is 18.7. The Morgan fingerprint density at radius 3 is 2.36 bits per heavy atom. The van der Waals surface area contributed by atoms with E-state index in [-0.39, 0.29) is 17.9 Å². The number of piperazine rings is 1. The van der Waals surface area contributed by atoms with Crippen LogP contribution in [0.1, 0.15) is 48.4 Å². The van der Waals surface area contributed by atoms with Gasteiger partial charge in [-0.05, 0) is 92.6 Å². The lowest BCUT2D eigenvalue weighted by atomic mass is 9.77. The molecule has 2 aromatic carbocycles. The van der Waals surface area contributed by atoms with Crippen molar-refractivity contribution in [2.45, 2.75) is 57.1 Å². The molecule has 10 heteroatoms. The van der Waals surface area contributed by atoms with Crippen LogP contribution >= 0.6 is 0 Å². The number of likely N-dealkylation sites (N-methyl/N-ethyl adjacent to an activating group) is 1. The van der Waals surface area contributed by atoms with Gasteiger partial charge in [-0.1, -0.05) is 30.3 Å². The lowest BCUT2D eigenvalue weighted by Gasteiger charge is -2.33. The molecule has 244 valence electrons. The average Bonchev–Trinajstić information content (AvgIpc) is 3.84. The second kappa shape index (κ2) is 13.2. The Kier molecular flexibility index (Phi) is 8.68. The van der Waals surface area contributed by atoms with E-state index in [2.05, 4.69) is 61.7 Å². The molecule has 3 heterocycles. The Balaban J connectivity index is 1.15. The smallest absolute Gasteiger partial charge is 0.408 e. The molecule has 10 nitrogen and oxygen atoms in total. The number of hydrogen-bond donors (Lipinski definition) is 2. The van der Waals surface area contributed by atoms with Gasteiger partial charge >= 0.3 is 6.09 Å². The van der Waals surface area contributed by atoms with E-state index in [0.29, 0.717) is 5.69 Å². The monoisotopic (exact) mass is 633 g/mol. The van der Waals surface area contributed by atoms with E-state index >= 15 is 0 Å². The van der Waals surface area contributed by atoms with Gasteiger partial charge in [-0.25, -0.2) is 14.8 Å². The number of amides is 2. The molecular weight excluding hydrogens is 590 g/mol. The second-order valence-corrected chi connectivity index (χ2v) is 13.2. The van der Waals surface area contributed by atoms with Gasteiger partial charge in [0, 0.05) is 56.6 Å². The summed E-state index contributed by atoms with van der Waals surface area (Å²) in [6, 6.07) is 17.7. The molecule has 0 radical (unpaired) electrons. The number of pyridine rings is 1. The highest BCUT2D eigenvalue weighted by atomic mass is 16.6. The summed E-state index contributed by atoms with van der Waals surface area (Å²) >= 11 is 0. The van der Waals surface area contributed by atoms with Crippen LogP contribution in [0.2, 0.25) is 0 Å². The summed E-state index contributed by atoms with van der Waals surface area (Å²) in [5.41, 5.74) is 8.14. The minimum absolute atomic E-state index is 0.0619. The Labute approximate surface area is 276 Å². The Morgan fingerprint density at radius 1 is 0.894 bits per heavy atom. The summed E-state index contributed by atoms with van der Waals surface area (Å²) in [5, 5.41) is 6.07. The molecule has 0 unspecified atom stereocenters. The highest BCUT2D eigenvalue weighted by Gasteiger charge is 2.36. The van der Waals surface area contributed by atoms with Crippen molar-refractivity contribution in [2.24, 2.45) is 7.05 Å². The molecule has 4 aromatic rings. The van der Waals surface area contributed by atoms with E-state index in [1.807, 2.05) is 55.1 Å². The molecule has 0 bridgehead atoms. The maximum atomic E-state index is 14.1. The van der Waals surface area contributed by atoms with Crippen molar-refractivity contribution < 1.29 is 14.3 Å². The third-order valence-corrected chi connectivity index (χ3v) is 9.71. The van der Waals surface area contributed by atoms with Crippen molar-refractivity contribution in [1.29, 1.82) is 0 Å². The van der Waals surface area contributed by atoms with Crippen LogP contribution in [0, 0.1) is 6.92 Å². The topological polar surface area (TPSA) is 105 Å². The largest absolute Gasteiger partial charge is 0.446 e. The van der Waals surface area contributed by atoms with Crippen LogP contribution in [0.4, 0.5) is 16.3 Å². The lowest BCUT2D eigenvalue weighted by molar-refractivity contribution is -0.118. The van der Waals surface area contributed by atoms with E-state index in [4.69, 9.17) is 4.74 Å². The van der Waals surface area contributed by atoms with Crippen LogP contribution in [0.25, 0.3) is 22.4 Å². The number of aryl methyl sites for hydroxylation is 3. The zero-order valence-electron chi connectivity index (χ0n) is 27.4. The molecule has 2 fully saturated rings. The first-order valence-corrected chi connectivity index (χ1v) is 16.7. The van der Waals surface area contributed by atoms with E-state index in [0.717, 1.165) is 97.7 Å². The zero-order chi connectivity index (χ0) is 32.5. The number of carbonyl (C=O) groups excluding carboxylic acids is 2. The summed E-state index contributed by atoms with van der Waals surface area (Å²) in [4.78, 5) is 40.8. The summed E-state index contributed by atoms with van der Waals surface area (Å²) in [6.45, 7) is 5.91. The van der Waals surface area contributed by atoms with Gasteiger partial charge in [0.25, 0.3) is 0 Å². The van der Waals surface area contributed by atoms with Gasteiger partial charge in [0.05, 0.1) is 17.7 Å². The third-order valence-electron chi connectivity index (χ3n) is 9.71. The molecule has 2 amide bonds. The predicted molar refractivity (Wildman–Crippen MR) is 183 cm³/mol. The summed E-state index contributed by atoms with van der Waals surface area (Å²) < 4.78 is 7.56. The fourth-order valence-corrected chi connectivity index (χ4v) is 6.91. The van der Waals surface area contributed by atoms with Crippen molar-refractivity contribution in [3.8, 4) is 22.4 Å². The maximum absolute atomic E-state index is 14.1. The zero-order valence-corrected chi connectivity index (χ0v) is 27.4. The van der Waals surface area contributed by atoms with Crippen molar-refractivity contribution in [2.75, 3.05) is 43.4 Å². The molecule has 0 spiro atoms. The summed E-state index contributed by atoms with van der Waals surface area (Å²) in [7, 11) is 4.12.